The second kappa shape index (κ2) is 7.26. The van der Waals surface area contributed by atoms with Gasteiger partial charge in [0.1, 0.15) is 22.9 Å². The van der Waals surface area contributed by atoms with E-state index >= 15 is 0 Å². The second-order valence-electron chi connectivity index (χ2n) is 5.00. The third-order valence-corrected chi connectivity index (χ3v) is 3.52. The van der Waals surface area contributed by atoms with Crippen molar-refractivity contribution < 1.29 is 38.1 Å². The van der Waals surface area contributed by atoms with Crippen LogP contribution >= 0.6 is 0 Å². The Morgan fingerprint density at radius 1 is 1.32 bits per heavy atom. The van der Waals surface area contributed by atoms with Gasteiger partial charge in [-0.05, 0) is 12.1 Å². The number of benzene rings is 1. The maximum atomic E-state index is 14.0. The van der Waals surface area contributed by atoms with Crippen LogP contribution in [0.1, 0.15) is 10.4 Å². The van der Waals surface area contributed by atoms with Crippen LogP contribution in [-0.4, -0.2) is 59.8 Å². The molecule has 2 rings (SSSR count). The number of methoxy groups -OCH3 is 1. The highest BCUT2D eigenvalue weighted by molar-refractivity contribution is 6.09. The summed E-state index contributed by atoms with van der Waals surface area (Å²) in [6.45, 7) is -0.724. The molecular weight excluding hydrogens is 342 g/mol. The van der Waals surface area contributed by atoms with Crippen LogP contribution in [0.4, 0.5) is 14.5 Å². The van der Waals surface area contributed by atoms with Gasteiger partial charge in [-0.1, -0.05) is 0 Å². The Labute approximate surface area is 140 Å². The number of carbonyl (C=O) groups is 3. The predicted octanol–water partition coefficient (Wildman–Crippen LogP) is 0.336. The number of aromatic carboxylic acids is 1. The molecule has 0 bridgehead atoms. The summed E-state index contributed by atoms with van der Waals surface area (Å²) in [6, 6.07) is 1.32. The van der Waals surface area contributed by atoms with Gasteiger partial charge in [-0.25, -0.2) is 18.4 Å². The molecule has 0 aromatic heterocycles. The lowest BCUT2D eigenvalue weighted by Gasteiger charge is -2.16. The van der Waals surface area contributed by atoms with Gasteiger partial charge in [0.15, 0.2) is 0 Å². The molecule has 1 heterocycles. The number of anilines is 1. The van der Waals surface area contributed by atoms with Crippen LogP contribution in [0.5, 0.6) is 0 Å². The fourth-order valence-corrected chi connectivity index (χ4v) is 2.36. The van der Waals surface area contributed by atoms with Gasteiger partial charge in [0, 0.05) is 6.54 Å². The van der Waals surface area contributed by atoms with Gasteiger partial charge in [0.05, 0.1) is 31.5 Å². The van der Waals surface area contributed by atoms with Crippen molar-refractivity contribution in [3.8, 4) is 0 Å². The minimum Gasteiger partial charge on any atom is -0.478 e. The van der Waals surface area contributed by atoms with Gasteiger partial charge < -0.3 is 25.2 Å². The summed E-state index contributed by atoms with van der Waals surface area (Å²) in [6.07, 6.45) is 0. The van der Waals surface area contributed by atoms with E-state index < -0.39 is 46.4 Å². The number of aliphatic hydroxyl groups excluding tert-OH is 1. The SMILES string of the molecule is COC(=O)C1=C(Nc2c(F)ccc(F)c2C(=O)O)C(=O)N(CCO)C1. The van der Waals surface area contributed by atoms with E-state index in [0.29, 0.717) is 12.1 Å². The zero-order chi connectivity index (χ0) is 18.7. The van der Waals surface area contributed by atoms with E-state index in [0.717, 1.165) is 12.0 Å². The molecule has 0 saturated carbocycles. The van der Waals surface area contributed by atoms with Crippen LogP contribution < -0.4 is 5.32 Å². The molecule has 0 spiro atoms. The van der Waals surface area contributed by atoms with Crippen LogP contribution in [0, 0.1) is 11.6 Å². The van der Waals surface area contributed by atoms with Crippen LogP contribution in [0.15, 0.2) is 23.4 Å². The molecule has 25 heavy (non-hydrogen) atoms. The number of β-amino-alcohol motifs (C(OH)–C–C–N with tert-alkyl or cyclic N) is 1. The number of esters is 1. The third kappa shape index (κ3) is 3.43. The first-order valence-electron chi connectivity index (χ1n) is 7.01. The van der Waals surface area contributed by atoms with Gasteiger partial charge in [-0.15, -0.1) is 0 Å². The van der Waals surface area contributed by atoms with E-state index in [4.69, 9.17) is 10.2 Å². The molecule has 0 fully saturated rings. The van der Waals surface area contributed by atoms with Gasteiger partial charge >= 0.3 is 11.9 Å². The van der Waals surface area contributed by atoms with Crippen molar-refractivity contribution in [1.29, 1.82) is 0 Å². The number of carboxylic acids is 1. The molecule has 1 amide bonds. The van der Waals surface area contributed by atoms with Crippen molar-refractivity contribution in [2.75, 3.05) is 32.1 Å². The van der Waals surface area contributed by atoms with Crippen LogP contribution in [-0.2, 0) is 14.3 Å². The summed E-state index contributed by atoms with van der Waals surface area (Å²) in [5, 5.41) is 20.3. The smallest absolute Gasteiger partial charge is 0.340 e. The molecular formula is C15H14F2N2O6. The average molecular weight is 356 g/mol. The number of hydrogen-bond donors (Lipinski definition) is 3. The molecule has 0 radical (unpaired) electrons. The van der Waals surface area contributed by atoms with Crippen LogP contribution in [0.25, 0.3) is 0 Å². The summed E-state index contributed by atoms with van der Waals surface area (Å²) in [7, 11) is 1.07. The van der Waals surface area contributed by atoms with Gasteiger partial charge in [0.2, 0.25) is 0 Å². The van der Waals surface area contributed by atoms with E-state index in [1.807, 2.05) is 0 Å². The molecule has 0 unspecified atom stereocenters. The fraction of sp³-hybridized carbons (Fsp3) is 0.267. The topological polar surface area (TPSA) is 116 Å². The van der Waals surface area contributed by atoms with Crippen molar-refractivity contribution in [1.82, 2.24) is 4.90 Å². The average Bonchev–Trinajstić information content (AvgIpc) is 2.87. The number of carboxylic acid groups (broad SMARTS) is 1. The highest BCUT2D eigenvalue weighted by Gasteiger charge is 2.35. The number of amides is 1. The minimum absolute atomic E-state index is 0.109. The number of carbonyl (C=O) groups excluding carboxylic acids is 2. The molecule has 0 saturated heterocycles. The first-order chi connectivity index (χ1) is 11.8. The van der Waals surface area contributed by atoms with Crippen molar-refractivity contribution in [3.05, 3.63) is 40.6 Å². The van der Waals surface area contributed by atoms with Crippen molar-refractivity contribution >= 4 is 23.5 Å². The van der Waals surface area contributed by atoms with Crippen molar-refractivity contribution in [2.45, 2.75) is 0 Å². The number of rotatable bonds is 6. The highest BCUT2D eigenvalue weighted by Crippen LogP contribution is 2.28. The van der Waals surface area contributed by atoms with Gasteiger partial charge in [-0.2, -0.15) is 0 Å². The zero-order valence-electron chi connectivity index (χ0n) is 13.0. The summed E-state index contributed by atoms with van der Waals surface area (Å²) in [5.74, 6) is -5.77. The number of nitrogens with zero attached hydrogens (tertiary/aromatic N) is 1. The lowest BCUT2D eigenvalue weighted by Crippen LogP contribution is -2.31. The van der Waals surface area contributed by atoms with Crippen molar-refractivity contribution in [3.63, 3.8) is 0 Å². The number of nitrogens with one attached hydrogen (secondary N) is 1. The molecule has 10 heteroatoms. The normalized spacial score (nSPS) is 14.1. The number of ether oxygens (including phenoxy) is 1. The molecule has 1 aromatic carbocycles. The van der Waals surface area contributed by atoms with Crippen molar-refractivity contribution in [2.24, 2.45) is 0 Å². The second-order valence-corrected chi connectivity index (χ2v) is 5.00. The van der Waals surface area contributed by atoms with E-state index in [1.165, 1.54) is 0 Å². The largest absolute Gasteiger partial charge is 0.478 e. The Balaban J connectivity index is 2.53. The molecule has 134 valence electrons. The van der Waals surface area contributed by atoms with Gasteiger partial charge in [0.25, 0.3) is 5.91 Å². The molecule has 0 aliphatic carbocycles. The Morgan fingerprint density at radius 3 is 2.52 bits per heavy atom. The molecule has 1 aliphatic rings. The molecule has 1 aromatic rings. The summed E-state index contributed by atoms with van der Waals surface area (Å²) in [4.78, 5) is 36.4. The van der Waals surface area contributed by atoms with Gasteiger partial charge in [-0.3, -0.25) is 4.79 Å². The van der Waals surface area contributed by atoms with Crippen LogP contribution in [0.3, 0.4) is 0 Å². The minimum atomic E-state index is -1.75. The van der Waals surface area contributed by atoms with Crippen LogP contribution in [0.2, 0.25) is 0 Å². The quantitative estimate of drug-likeness (QED) is 0.629. The highest BCUT2D eigenvalue weighted by atomic mass is 19.1. The van der Waals surface area contributed by atoms with E-state index in [-0.39, 0.29) is 25.3 Å². The molecule has 8 nitrogen and oxygen atoms in total. The van der Waals surface area contributed by atoms with E-state index in [9.17, 15) is 23.2 Å². The Bertz CT molecular complexity index is 778. The lowest BCUT2D eigenvalue weighted by atomic mass is 10.1. The molecule has 1 aliphatic heterocycles. The monoisotopic (exact) mass is 356 g/mol. The number of halogens is 2. The summed E-state index contributed by atoms with van der Waals surface area (Å²) in [5.41, 5.74) is -2.43. The maximum Gasteiger partial charge on any atom is 0.340 e. The Hall–Kier alpha value is -3.01. The summed E-state index contributed by atoms with van der Waals surface area (Å²) >= 11 is 0. The Morgan fingerprint density at radius 2 is 1.96 bits per heavy atom. The number of aliphatic hydroxyl groups is 1. The zero-order valence-corrected chi connectivity index (χ0v) is 13.0. The standard InChI is InChI=1S/C15H14F2N2O6/c1-25-15(24)7-6-19(4-5-20)13(21)11(7)18-12-9(17)3-2-8(16)10(12)14(22)23/h2-3,18,20H,4-6H2,1H3,(H,22,23). The lowest BCUT2D eigenvalue weighted by molar-refractivity contribution is -0.136. The van der Waals surface area contributed by atoms with E-state index in [2.05, 4.69) is 10.1 Å². The van der Waals surface area contributed by atoms with E-state index in [1.54, 1.807) is 0 Å². The molecule has 3 N–H and O–H groups in total. The summed E-state index contributed by atoms with van der Waals surface area (Å²) < 4.78 is 32.3. The first-order valence-corrected chi connectivity index (χ1v) is 7.01. The third-order valence-electron chi connectivity index (χ3n) is 3.52. The number of hydrogen-bond acceptors (Lipinski definition) is 6. The Kier molecular flexibility index (Phi) is 5.32. The predicted molar refractivity (Wildman–Crippen MR) is 79.6 cm³/mol. The maximum absolute atomic E-state index is 14.0. The molecule has 0 atom stereocenters. The first kappa shape index (κ1) is 18.3. The fourth-order valence-electron chi connectivity index (χ4n) is 2.36.